The van der Waals surface area contributed by atoms with E-state index in [1.54, 1.807) is 0 Å². The van der Waals surface area contributed by atoms with Crippen LogP contribution >= 0.6 is 0 Å². The predicted octanol–water partition coefficient (Wildman–Crippen LogP) is 1.12. The summed E-state index contributed by atoms with van der Waals surface area (Å²) in [6.45, 7) is 2.24. The molecule has 0 aromatic carbocycles. The van der Waals surface area contributed by atoms with Crippen LogP contribution in [0.15, 0.2) is 12.1 Å². The fourth-order valence-electron chi connectivity index (χ4n) is 1.57. The molecule has 0 bridgehead atoms. The van der Waals surface area contributed by atoms with Crippen molar-refractivity contribution in [2.45, 2.75) is 12.8 Å². The second-order valence-corrected chi connectivity index (χ2v) is 3.22. The molecule has 2 rings (SSSR count). The molecule has 70 valence electrons. The quantitative estimate of drug-likeness (QED) is 0.736. The summed E-state index contributed by atoms with van der Waals surface area (Å²) < 4.78 is 0. The molecule has 13 heavy (non-hydrogen) atoms. The third-order valence-electron chi connectivity index (χ3n) is 2.34. The molecule has 0 radical (unpaired) electrons. The Hall–Kier alpha value is -1.32. The maximum absolute atomic E-state index is 4.14. The number of rotatable bonds is 2. The highest BCUT2D eigenvalue weighted by atomic mass is 15.3. The van der Waals surface area contributed by atoms with E-state index in [9.17, 15) is 0 Å². The lowest BCUT2D eigenvalue weighted by Gasteiger charge is -2.14. The fraction of sp³-hybridized carbons (Fsp3) is 0.556. The van der Waals surface area contributed by atoms with E-state index in [1.165, 1.54) is 12.8 Å². The molecule has 1 aromatic heterocycles. The van der Waals surface area contributed by atoms with Crippen LogP contribution in [0.5, 0.6) is 0 Å². The minimum Gasteiger partial charge on any atom is -0.372 e. The largest absolute Gasteiger partial charge is 0.372 e. The predicted molar refractivity (Wildman–Crippen MR) is 53.0 cm³/mol. The molecule has 1 N–H and O–H groups in total. The van der Waals surface area contributed by atoms with E-state index in [0.29, 0.717) is 0 Å². The van der Waals surface area contributed by atoms with Crippen molar-refractivity contribution in [3.8, 4) is 0 Å². The number of nitrogens with zero attached hydrogens (tertiary/aromatic N) is 3. The van der Waals surface area contributed by atoms with Crippen molar-refractivity contribution in [1.29, 1.82) is 0 Å². The molecule has 1 fully saturated rings. The average Bonchev–Trinajstić information content (AvgIpc) is 2.71. The van der Waals surface area contributed by atoms with Crippen LogP contribution in [0.25, 0.3) is 0 Å². The van der Waals surface area contributed by atoms with E-state index in [0.717, 1.165) is 24.7 Å². The standard InChI is InChI=1S/C9H14N4/c1-10-8-4-5-9(12-11-8)13-6-2-3-7-13/h4-5H,2-3,6-7H2,1H3,(H,10,11). The fourth-order valence-corrected chi connectivity index (χ4v) is 1.57. The normalized spacial score (nSPS) is 16.2. The molecule has 1 saturated heterocycles. The summed E-state index contributed by atoms with van der Waals surface area (Å²) in [4.78, 5) is 2.27. The second kappa shape index (κ2) is 3.60. The van der Waals surface area contributed by atoms with Crippen molar-refractivity contribution in [3.05, 3.63) is 12.1 Å². The maximum Gasteiger partial charge on any atom is 0.151 e. The molecule has 0 amide bonds. The zero-order valence-corrected chi connectivity index (χ0v) is 7.82. The van der Waals surface area contributed by atoms with Crippen molar-refractivity contribution in [1.82, 2.24) is 10.2 Å². The van der Waals surface area contributed by atoms with Crippen LogP contribution in [-0.4, -0.2) is 30.3 Å². The molecule has 0 aliphatic carbocycles. The van der Waals surface area contributed by atoms with E-state index in [2.05, 4.69) is 20.4 Å². The zero-order chi connectivity index (χ0) is 9.10. The van der Waals surface area contributed by atoms with Gasteiger partial charge in [-0.1, -0.05) is 0 Å². The first kappa shape index (κ1) is 8.29. The van der Waals surface area contributed by atoms with Gasteiger partial charge in [-0.15, -0.1) is 10.2 Å². The minimum absolute atomic E-state index is 0.822. The van der Waals surface area contributed by atoms with Crippen molar-refractivity contribution in [2.75, 3.05) is 30.4 Å². The topological polar surface area (TPSA) is 41.0 Å². The van der Waals surface area contributed by atoms with Gasteiger partial charge in [0.15, 0.2) is 5.82 Å². The van der Waals surface area contributed by atoms with Gasteiger partial charge in [-0.25, -0.2) is 0 Å². The van der Waals surface area contributed by atoms with Crippen LogP contribution in [0.1, 0.15) is 12.8 Å². The maximum atomic E-state index is 4.14. The summed E-state index contributed by atoms with van der Waals surface area (Å²) >= 11 is 0. The molecule has 1 aliphatic heterocycles. The second-order valence-electron chi connectivity index (χ2n) is 3.22. The average molecular weight is 178 g/mol. The third kappa shape index (κ3) is 1.71. The smallest absolute Gasteiger partial charge is 0.151 e. The summed E-state index contributed by atoms with van der Waals surface area (Å²) in [7, 11) is 1.85. The lowest BCUT2D eigenvalue weighted by Crippen LogP contribution is -2.19. The molecule has 4 nitrogen and oxygen atoms in total. The van der Waals surface area contributed by atoms with Crippen LogP contribution in [0, 0.1) is 0 Å². The lowest BCUT2D eigenvalue weighted by molar-refractivity contribution is 0.895. The molecule has 4 heteroatoms. The summed E-state index contributed by atoms with van der Waals surface area (Å²) in [5.74, 6) is 1.82. The van der Waals surface area contributed by atoms with Gasteiger partial charge in [-0.3, -0.25) is 0 Å². The van der Waals surface area contributed by atoms with Gasteiger partial charge in [0.05, 0.1) is 0 Å². The molecule has 0 saturated carbocycles. The van der Waals surface area contributed by atoms with Crippen LogP contribution in [0.4, 0.5) is 11.6 Å². The summed E-state index contributed by atoms with van der Waals surface area (Å²) in [6, 6.07) is 3.98. The van der Waals surface area contributed by atoms with Gasteiger partial charge < -0.3 is 10.2 Å². The van der Waals surface area contributed by atoms with Gasteiger partial charge in [-0.05, 0) is 25.0 Å². The molecular formula is C9H14N4. The summed E-state index contributed by atoms with van der Waals surface area (Å²) in [5, 5.41) is 11.1. The molecule has 0 spiro atoms. The van der Waals surface area contributed by atoms with Gasteiger partial charge in [-0.2, -0.15) is 0 Å². The minimum atomic E-state index is 0.822. The van der Waals surface area contributed by atoms with Gasteiger partial charge in [0.1, 0.15) is 5.82 Å². The van der Waals surface area contributed by atoms with Crippen LogP contribution < -0.4 is 10.2 Å². The first-order valence-corrected chi connectivity index (χ1v) is 4.66. The third-order valence-corrected chi connectivity index (χ3v) is 2.34. The van der Waals surface area contributed by atoms with Crippen molar-refractivity contribution in [2.24, 2.45) is 0 Å². The van der Waals surface area contributed by atoms with Crippen molar-refractivity contribution < 1.29 is 0 Å². The molecule has 1 aromatic rings. The first-order chi connectivity index (χ1) is 6.40. The number of aromatic nitrogens is 2. The van der Waals surface area contributed by atoms with Gasteiger partial charge in [0, 0.05) is 20.1 Å². The van der Waals surface area contributed by atoms with E-state index in [-0.39, 0.29) is 0 Å². The highest BCUT2D eigenvalue weighted by molar-refractivity contribution is 5.43. The Morgan fingerprint density at radius 1 is 1.23 bits per heavy atom. The molecular weight excluding hydrogens is 164 g/mol. The first-order valence-electron chi connectivity index (χ1n) is 4.66. The van der Waals surface area contributed by atoms with E-state index in [4.69, 9.17) is 0 Å². The Morgan fingerprint density at radius 3 is 2.54 bits per heavy atom. The lowest BCUT2D eigenvalue weighted by atomic mass is 10.4. The van der Waals surface area contributed by atoms with E-state index in [1.807, 2.05) is 19.2 Å². The zero-order valence-electron chi connectivity index (χ0n) is 7.82. The monoisotopic (exact) mass is 178 g/mol. The van der Waals surface area contributed by atoms with Crippen molar-refractivity contribution in [3.63, 3.8) is 0 Å². The van der Waals surface area contributed by atoms with E-state index < -0.39 is 0 Å². The Kier molecular flexibility index (Phi) is 2.29. The number of anilines is 2. The Morgan fingerprint density at radius 2 is 2.00 bits per heavy atom. The van der Waals surface area contributed by atoms with Crippen molar-refractivity contribution >= 4 is 11.6 Å². The Bertz CT molecular complexity index is 263. The molecule has 0 unspecified atom stereocenters. The van der Waals surface area contributed by atoms with E-state index >= 15 is 0 Å². The highest BCUT2D eigenvalue weighted by Gasteiger charge is 2.13. The summed E-state index contributed by atoms with van der Waals surface area (Å²) in [5.41, 5.74) is 0. The number of nitrogens with one attached hydrogen (secondary N) is 1. The van der Waals surface area contributed by atoms with Gasteiger partial charge in [0.25, 0.3) is 0 Å². The summed E-state index contributed by atoms with van der Waals surface area (Å²) in [6.07, 6.45) is 2.55. The molecule has 0 atom stereocenters. The highest BCUT2D eigenvalue weighted by Crippen LogP contribution is 2.17. The molecule has 1 aliphatic rings. The Labute approximate surface area is 78.0 Å². The number of hydrogen-bond acceptors (Lipinski definition) is 4. The van der Waals surface area contributed by atoms with Crippen LogP contribution in [0.2, 0.25) is 0 Å². The Balaban J connectivity index is 2.12. The van der Waals surface area contributed by atoms with Gasteiger partial charge in [0.2, 0.25) is 0 Å². The van der Waals surface area contributed by atoms with Crippen LogP contribution in [-0.2, 0) is 0 Å². The number of hydrogen-bond donors (Lipinski definition) is 1. The van der Waals surface area contributed by atoms with Gasteiger partial charge >= 0.3 is 0 Å². The molecule has 2 heterocycles. The SMILES string of the molecule is CNc1ccc(N2CCCC2)nn1. The van der Waals surface area contributed by atoms with Crippen LogP contribution in [0.3, 0.4) is 0 Å².